The molecule has 0 N–H and O–H groups in total. The van der Waals surface area contributed by atoms with E-state index >= 15 is 0 Å². The van der Waals surface area contributed by atoms with Gasteiger partial charge in [0.1, 0.15) is 13.2 Å². The smallest absolute Gasteiger partial charge is 0.306 e. The lowest BCUT2D eigenvalue weighted by Gasteiger charge is -2.18. The van der Waals surface area contributed by atoms with Crippen LogP contribution in [0.5, 0.6) is 0 Å². The molecule has 0 aromatic rings. The van der Waals surface area contributed by atoms with E-state index in [1.54, 1.807) is 0 Å². The average molecular weight is 1170 g/mol. The van der Waals surface area contributed by atoms with Crippen molar-refractivity contribution in [1.82, 2.24) is 0 Å². The van der Waals surface area contributed by atoms with E-state index in [2.05, 4.69) is 45.1 Å². The summed E-state index contributed by atoms with van der Waals surface area (Å²) in [6.45, 7) is 6.73. The molecule has 0 bridgehead atoms. The number of carbonyl (C=O) groups excluding carboxylic acids is 3. The Bertz CT molecular complexity index is 1340. The van der Waals surface area contributed by atoms with Crippen molar-refractivity contribution in [2.75, 3.05) is 13.2 Å². The molecule has 0 aliphatic heterocycles. The molecule has 0 aromatic carbocycles. The van der Waals surface area contributed by atoms with Crippen LogP contribution in [0.4, 0.5) is 0 Å². The van der Waals surface area contributed by atoms with Gasteiger partial charge in [0.25, 0.3) is 0 Å². The van der Waals surface area contributed by atoms with Crippen LogP contribution in [0.2, 0.25) is 0 Å². The Balaban J connectivity index is 4.25. The van der Waals surface area contributed by atoms with Crippen LogP contribution in [0.3, 0.4) is 0 Å². The summed E-state index contributed by atoms with van der Waals surface area (Å²) in [5.41, 5.74) is 0. The Morgan fingerprint density at radius 3 is 0.663 bits per heavy atom. The molecular weight excluding hydrogens is 1020 g/mol. The van der Waals surface area contributed by atoms with Crippen LogP contribution in [0.25, 0.3) is 0 Å². The van der Waals surface area contributed by atoms with Gasteiger partial charge in [0.05, 0.1) is 0 Å². The van der Waals surface area contributed by atoms with Gasteiger partial charge in [-0.05, 0) is 51.4 Å². The third-order valence-electron chi connectivity index (χ3n) is 17.5. The van der Waals surface area contributed by atoms with E-state index < -0.39 is 6.10 Å². The van der Waals surface area contributed by atoms with Gasteiger partial charge in [-0.1, -0.05) is 385 Å². The maximum Gasteiger partial charge on any atom is 0.306 e. The summed E-state index contributed by atoms with van der Waals surface area (Å²) in [6.07, 6.45) is 89.3. The number of hydrogen-bond acceptors (Lipinski definition) is 6. The zero-order valence-electron chi connectivity index (χ0n) is 56.5. The fourth-order valence-electron chi connectivity index (χ4n) is 11.8. The van der Waals surface area contributed by atoms with Gasteiger partial charge >= 0.3 is 17.9 Å². The minimum atomic E-state index is -0.768. The number of rotatable bonds is 71. The van der Waals surface area contributed by atoms with Crippen LogP contribution in [0, 0.1) is 0 Å². The van der Waals surface area contributed by atoms with Crippen molar-refractivity contribution in [2.45, 2.75) is 438 Å². The van der Waals surface area contributed by atoms with Crippen molar-refractivity contribution in [3.63, 3.8) is 0 Å². The van der Waals surface area contributed by atoms with Crippen LogP contribution in [0.1, 0.15) is 432 Å². The Morgan fingerprint density at radius 1 is 0.241 bits per heavy atom. The van der Waals surface area contributed by atoms with Crippen molar-refractivity contribution in [1.29, 1.82) is 0 Å². The van der Waals surface area contributed by atoms with Crippen LogP contribution < -0.4 is 0 Å². The maximum absolute atomic E-state index is 13.0. The summed E-state index contributed by atoms with van der Waals surface area (Å²) in [7, 11) is 0. The molecule has 0 rings (SSSR count). The number of hydrogen-bond donors (Lipinski definition) is 0. The molecule has 83 heavy (non-hydrogen) atoms. The summed E-state index contributed by atoms with van der Waals surface area (Å²) in [5, 5.41) is 0. The highest BCUT2D eigenvalue weighted by atomic mass is 16.6. The fourth-order valence-corrected chi connectivity index (χ4v) is 11.8. The summed E-state index contributed by atoms with van der Waals surface area (Å²) in [6, 6.07) is 0. The predicted molar refractivity (Wildman–Crippen MR) is 363 cm³/mol. The minimum Gasteiger partial charge on any atom is -0.462 e. The molecule has 0 fully saturated rings. The lowest BCUT2D eigenvalue weighted by atomic mass is 10.0. The van der Waals surface area contributed by atoms with Gasteiger partial charge in [-0.25, -0.2) is 0 Å². The largest absolute Gasteiger partial charge is 0.462 e. The average Bonchev–Trinajstić information content (AvgIpc) is 3.50. The number of esters is 3. The molecule has 0 saturated carbocycles. The number of carbonyl (C=O) groups is 3. The molecular formula is C77H146O6. The van der Waals surface area contributed by atoms with E-state index in [1.165, 1.54) is 327 Å². The number of ether oxygens (including phenoxy) is 3. The van der Waals surface area contributed by atoms with Gasteiger partial charge in [0, 0.05) is 19.3 Å². The Morgan fingerprint density at radius 2 is 0.434 bits per heavy atom. The van der Waals surface area contributed by atoms with Crippen LogP contribution in [-0.2, 0) is 28.6 Å². The molecule has 6 nitrogen and oxygen atoms in total. The highest BCUT2D eigenvalue weighted by molar-refractivity contribution is 5.71. The van der Waals surface area contributed by atoms with Crippen molar-refractivity contribution in [3.05, 3.63) is 24.3 Å². The highest BCUT2D eigenvalue weighted by Crippen LogP contribution is 2.19. The molecule has 0 radical (unpaired) electrons. The lowest BCUT2D eigenvalue weighted by molar-refractivity contribution is -0.167. The summed E-state index contributed by atoms with van der Waals surface area (Å²) in [5.74, 6) is -0.826. The van der Waals surface area contributed by atoms with Crippen molar-refractivity contribution in [3.8, 4) is 0 Å². The topological polar surface area (TPSA) is 78.9 Å². The van der Waals surface area contributed by atoms with Crippen molar-refractivity contribution < 1.29 is 28.6 Å². The normalized spacial score (nSPS) is 12.1. The van der Waals surface area contributed by atoms with Crippen molar-refractivity contribution >= 4 is 17.9 Å². The molecule has 0 amide bonds. The molecule has 0 spiro atoms. The van der Waals surface area contributed by atoms with Gasteiger partial charge in [-0.3, -0.25) is 14.4 Å². The monoisotopic (exact) mass is 1170 g/mol. The molecule has 0 heterocycles. The maximum atomic E-state index is 13.0. The molecule has 490 valence electrons. The second-order valence-electron chi connectivity index (χ2n) is 25.9. The van der Waals surface area contributed by atoms with Crippen LogP contribution in [-0.4, -0.2) is 37.2 Å². The standard InChI is InChI=1S/C77H146O6/c1-4-7-10-13-16-19-22-25-28-31-33-35-37-39-41-42-44-46-49-52-55-58-61-64-67-70-76(79)82-73-74(72-81-75(78)69-66-63-60-57-54-51-48-30-27-24-21-18-15-12-9-6-3)83-77(80)71-68-65-62-59-56-53-50-47-45-43-40-38-36-34-32-29-26-23-20-17-14-11-8-5-2/h22,25,31,33,74H,4-21,23-24,26-30,32,34-73H2,1-3H3/b25-22-,33-31-. The minimum absolute atomic E-state index is 0.0637. The van der Waals surface area contributed by atoms with Gasteiger partial charge in [-0.15, -0.1) is 0 Å². The predicted octanol–water partition coefficient (Wildman–Crippen LogP) is 26.1. The Kier molecular flexibility index (Phi) is 70.5. The van der Waals surface area contributed by atoms with E-state index in [1.807, 2.05) is 0 Å². The van der Waals surface area contributed by atoms with E-state index in [9.17, 15) is 14.4 Å². The van der Waals surface area contributed by atoms with Gasteiger partial charge in [0.15, 0.2) is 6.10 Å². The SMILES string of the molecule is CCCCCCC/C=C\C/C=C\CCCCCCCCCCCCCCCC(=O)OCC(COC(=O)CCCCCCCCCCCCCCCCCC)OC(=O)CCCCCCCCCCCCCCCCCCCCCCCCCC. The summed E-state index contributed by atoms with van der Waals surface area (Å²) < 4.78 is 17.1. The van der Waals surface area contributed by atoms with Crippen LogP contribution in [0.15, 0.2) is 24.3 Å². The van der Waals surface area contributed by atoms with E-state index in [4.69, 9.17) is 14.2 Å². The lowest BCUT2D eigenvalue weighted by Crippen LogP contribution is -2.30. The molecule has 1 unspecified atom stereocenters. The first kappa shape index (κ1) is 80.9. The summed E-state index contributed by atoms with van der Waals surface area (Å²) >= 11 is 0. The van der Waals surface area contributed by atoms with Crippen molar-refractivity contribution in [2.24, 2.45) is 0 Å². The second kappa shape index (κ2) is 72.4. The fraction of sp³-hybridized carbons (Fsp3) is 0.909. The molecule has 0 aliphatic carbocycles. The zero-order chi connectivity index (χ0) is 59.9. The van der Waals surface area contributed by atoms with Gasteiger partial charge in [-0.2, -0.15) is 0 Å². The molecule has 1 atom stereocenters. The van der Waals surface area contributed by atoms with E-state index in [0.29, 0.717) is 19.3 Å². The first-order valence-corrected chi connectivity index (χ1v) is 37.8. The number of allylic oxidation sites excluding steroid dienone is 4. The first-order valence-electron chi connectivity index (χ1n) is 37.8. The Hall–Kier alpha value is -2.11. The molecule has 0 aromatic heterocycles. The molecule has 0 saturated heterocycles. The second-order valence-corrected chi connectivity index (χ2v) is 25.9. The first-order chi connectivity index (χ1) is 41.0. The quantitative estimate of drug-likeness (QED) is 0.0261. The molecule has 6 heteroatoms. The van der Waals surface area contributed by atoms with Gasteiger partial charge in [0.2, 0.25) is 0 Å². The van der Waals surface area contributed by atoms with Gasteiger partial charge < -0.3 is 14.2 Å². The van der Waals surface area contributed by atoms with E-state index in [-0.39, 0.29) is 31.1 Å². The third kappa shape index (κ3) is 70.5. The van der Waals surface area contributed by atoms with E-state index in [0.717, 1.165) is 64.2 Å². The highest BCUT2D eigenvalue weighted by Gasteiger charge is 2.20. The molecule has 0 aliphatic rings. The zero-order valence-corrected chi connectivity index (χ0v) is 56.5. The third-order valence-corrected chi connectivity index (χ3v) is 17.5. The summed E-state index contributed by atoms with van der Waals surface area (Å²) in [4.78, 5) is 38.5. The Labute approximate surface area is 519 Å². The van der Waals surface area contributed by atoms with Crippen LogP contribution >= 0.6 is 0 Å². The number of unbranched alkanes of at least 4 members (excludes halogenated alkanes) is 56.